The minimum absolute atomic E-state index is 0.151. The Kier molecular flexibility index (Phi) is 63.5. The van der Waals surface area contributed by atoms with Crippen LogP contribution in [-0.2, 0) is 33.3 Å². The monoisotopic (exact) mass is 1170 g/mol. The van der Waals surface area contributed by atoms with Gasteiger partial charge < -0.3 is 33.3 Å². The summed E-state index contributed by atoms with van der Waals surface area (Å²) in [5.74, 6) is -2.25. The Balaban J connectivity index is 4.05. The third kappa shape index (κ3) is 66.9. The highest BCUT2D eigenvalue weighted by molar-refractivity contribution is 5.70. The lowest BCUT2D eigenvalue weighted by atomic mass is 10.0. The summed E-state index contributed by atoms with van der Waals surface area (Å²) >= 11 is 0. The van der Waals surface area contributed by atoms with Gasteiger partial charge in [0.05, 0.1) is 40.3 Å². The van der Waals surface area contributed by atoms with E-state index in [0.717, 1.165) is 51.4 Å². The zero-order valence-corrected chi connectivity index (χ0v) is 55.8. The highest BCUT2D eigenvalue weighted by Crippen LogP contribution is 2.19. The fourth-order valence-electron chi connectivity index (χ4n) is 10.8. The van der Waals surface area contributed by atoms with Crippen LogP contribution in [0.15, 0.2) is 36.5 Å². The number of carbonyl (C=O) groups excluding carboxylic acids is 3. The van der Waals surface area contributed by atoms with Crippen molar-refractivity contribution in [3.8, 4) is 0 Å². The quantitative estimate of drug-likeness (QED) is 0.0195. The standard InChI is InChI=1S/C74H139NO8/c1-6-8-10-12-14-16-18-20-22-24-26-28-30-32-33-34-35-36-37-38-39-41-43-45-47-49-51-53-55-57-59-61-63-65-72(77)83-70(69-82-74(73(78)79)80-67-66-75(3,4)5)68-81-71(76)64-62-60-58-56-54-52-50-48-46-44-42-40-31-29-27-25-23-21-19-17-15-13-11-9-7-2/h18,20,24,26,30,32,70,74H,6-17,19,21-23,25,27-29,31,33-69H2,1-5H3/b20-18-,26-24-,32-30-. The number of esters is 2. The molecule has 0 aromatic rings. The minimum atomic E-state index is -1.62. The third-order valence-electron chi connectivity index (χ3n) is 16.4. The SMILES string of the molecule is CCCCCCC/C=C\C/C=C\C/C=C\CCCCCCCCCCCCCCCCCCCCC(=O)OC(COC(=O)CCCCCCCCCCCCCCCCCCCCCCCCCCC)COC(OCC[N+](C)(C)C)C(=O)[O-]. The molecule has 83 heavy (non-hydrogen) atoms. The van der Waals surface area contributed by atoms with Gasteiger partial charge in [-0.2, -0.15) is 0 Å². The van der Waals surface area contributed by atoms with E-state index >= 15 is 0 Å². The van der Waals surface area contributed by atoms with E-state index in [-0.39, 0.29) is 32.2 Å². The lowest BCUT2D eigenvalue weighted by molar-refractivity contribution is -0.870. The van der Waals surface area contributed by atoms with Gasteiger partial charge >= 0.3 is 11.9 Å². The Labute approximate surface area is 515 Å². The van der Waals surface area contributed by atoms with Gasteiger partial charge in [0.15, 0.2) is 12.4 Å². The van der Waals surface area contributed by atoms with Crippen LogP contribution < -0.4 is 5.11 Å². The summed E-state index contributed by atoms with van der Waals surface area (Å²) in [6.45, 7) is 4.81. The van der Waals surface area contributed by atoms with Gasteiger partial charge in [-0.25, -0.2) is 0 Å². The van der Waals surface area contributed by atoms with Gasteiger partial charge in [0, 0.05) is 12.8 Å². The van der Waals surface area contributed by atoms with Crippen LogP contribution in [0.1, 0.15) is 361 Å². The molecule has 488 valence electrons. The summed E-state index contributed by atoms with van der Waals surface area (Å²) in [5, 5.41) is 11.8. The second kappa shape index (κ2) is 65.5. The molecule has 0 aliphatic rings. The molecule has 0 heterocycles. The summed E-state index contributed by atoms with van der Waals surface area (Å²) in [6, 6.07) is 0. The van der Waals surface area contributed by atoms with Gasteiger partial charge in [0.1, 0.15) is 13.2 Å². The lowest BCUT2D eigenvalue weighted by Gasteiger charge is -2.26. The van der Waals surface area contributed by atoms with Gasteiger partial charge in [-0.05, 0) is 51.4 Å². The van der Waals surface area contributed by atoms with Crippen molar-refractivity contribution in [2.75, 3.05) is 47.5 Å². The fourth-order valence-corrected chi connectivity index (χ4v) is 10.8. The molecule has 0 aliphatic carbocycles. The normalized spacial score (nSPS) is 12.8. The van der Waals surface area contributed by atoms with Gasteiger partial charge in [-0.1, -0.05) is 333 Å². The van der Waals surface area contributed by atoms with Crippen LogP contribution in [0, 0.1) is 0 Å². The molecule has 0 aromatic carbocycles. The maximum atomic E-state index is 12.9. The second-order valence-electron chi connectivity index (χ2n) is 25.9. The van der Waals surface area contributed by atoms with Gasteiger partial charge in [0.25, 0.3) is 0 Å². The maximum absolute atomic E-state index is 12.9. The zero-order chi connectivity index (χ0) is 60.5. The van der Waals surface area contributed by atoms with E-state index in [9.17, 15) is 19.5 Å². The number of carboxylic acid groups (broad SMARTS) is 1. The van der Waals surface area contributed by atoms with Crippen LogP contribution in [0.2, 0.25) is 0 Å². The van der Waals surface area contributed by atoms with Crippen molar-refractivity contribution in [1.82, 2.24) is 0 Å². The smallest absolute Gasteiger partial charge is 0.306 e. The highest BCUT2D eigenvalue weighted by atomic mass is 16.7. The molecule has 0 saturated carbocycles. The summed E-state index contributed by atoms with van der Waals surface area (Å²) in [6.07, 6.45) is 79.5. The topological polar surface area (TPSA) is 111 Å². The molecule has 0 aromatic heterocycles. The summed E-state index contributed by atoms with van der Waals surface area (Å²) in [5.41, 5.74) is 0. The third-order valence-corrected chi connectivity index (χ3v) is 16.4. The van der Waals surface area contributed by atoms with Crippen molar-refractivity contribution in [2.45, 2.75) is 373 Å². The van der Waals surface area contributed by atoms with E-state index in [2.05, 4.69) is 50.3 Å². The Morgan fingerprint density at radius 1 is 0.361 bits per heavy atom. The molecule has 0 fully saturated rings. The second-order valence-corrected chi connectivity index (χ2v) is 25.9. The number of hydrogen-bond donors (Lipinski definition) is 0. The summed E-state index contributed by atoms with van der Waals surface area (Å²) < 4.78 is 22.8. The molecule has 0 amide bonds. The number of aliphatic carboxylic acids is 1. The van der Waals surface area contributed by atoms with E-state index in [1.54, 1.807) is 0 Å². The van der Waals surface area contributed by atoms with Crippen LogP contribution in [0.3, 0.4) is 0 Å². The number of quaternary nitrogens is 1. The van der Waals surface area contributed by atoms with E-state index in [1.807, 2.05) is 21.1 Å². The first-order valence-corrected chi connectivity index (χ1v) is 36.1. The molecule has 0 spiro atoms. The molecule has 0 aliphatic heterocycles. The van der Waals surface area contributed by atoms with E-state index in [4.69, 9.17) is 18.9 Å². The minimum Gasteiger partial charge on any atom is -0.545 e. The van der Waals surface area contributed by atoms with Gasteiger partial charge in [-0.15, -0.1) is 0 Å². The van der Waals surface area contributed by atoms with E-state index < -0.39 is 24.3 Å². The number of nitrogens with zero attached hydrogens (tertiary/aromatic N) is 1. The average molecular weight is 1170 g/mol. The van der Waals surface area contributed by atoms with Crippen molar-refractivity contribution in [2.24, 2.45) is 0 Å². The number of carbonyl (C=O) groups is 3. The van der Waals surface area contributed by atoms with Crippen molar-refractivity contribution in [3.63, 3.8) is 0 Å². The number of ether oxygens (including phenoxy) is 4. The van der Waals surface area contributed by atoms with E-state index in [0.29, 0.717) is 17.4 Å². The first kappa shape index (κ1) is 80.5. The van der Waals surface area contributed by atoms with Crippen LogP contribution >= 0.6 is 0 Å². The molecule has 9 nitrogen and oxygen atoms in total. The largest absolute Gasteiger partial charge is 0.545 e. The van der Waals surface area contributed by atoms with Crippen LogP contribution in [0.25, 0.3) is 0 Å². The molecule has 2 unspecified atom stereocenters. The van der Waals surface area contributed by atoms with Crippen LogP contribution in [0.5, 0.6) is 0 Å². The fraction of sp³-hybridized carbons (Fsp3) is 0.878. The number of allylic oxidation sites excluding steroid dienone is 6. The zero-order valence-electron chi connectivity index (χ0n) is 55.8. The van der Waals surface area contributed by atoms with Gasteiger partial charge in [0.2, 0.25) is 0 Å². The number of carboxylic acids is 1. The van der Waals surface area contributed by atoms with Gasteiger partial charge in [-0.3, -0.25) is 9.59 Å². The van der Waals surface area contributed by atoms with Crippen molar-refractivity contribution in [1.29, 1.82) is 0 Å². The van der Waals surface area contributed by atoms with Crippen LogP contribution in [0.4, 0.5) is 0 Å². The molecule has 0 radical (unpaired) electrons. The molecule has 0 rings (SSSR count). The highest BCUT2D eigenvalue weighted by Gasteiger charge is 2.22. The lowest BCUT2D eigenvalue weighted by Crippen LogP contribution is -2.44. The first-order valence-electron chi connectivity index (χ1n) is 36.1. The van der Waals surface area contributed by atoms with E-state index in [1.165, 1.54) is 283 Å². The predicted molar refractivity (Wildman–Crippen MR) is 353 cm³/mol. The number of rotatable bonds is 68. The number of unbranched alkanes of at least 4 members (excludes halogenated alkanes) is 47. The Hall–Kier alpha value is -2.49. The number of likely N-dealkylation sites (N-methyl/N-ethyl adjacent to an activating group) is 1. The van der Waals surface area contributed by atoms with Crippen molar-refractivity contribution in [3.05, 3.63) is 36.5 Å². The number of hydrogen-bond acceptors (Lipinski definition) is 8. The molecule has 9 heteroatoms. The summed E-state index contributed by atoms with van der Waals surface area (Å²) in [4.78, 5) is 37.5. The molecule has 0 N–H and O–H groups in total. The van der Waals surface area contributed by atoms with Crippen LogP contribution in [-0.4, -0.2) is 82.3 Å². The Morgan fingerprint density at radius 2 is 0.651 bits per heavy atom. The Bertz CT molecular complexity index is 1450. The first-order chi connectivity index (χ1) is 40.6. The molecule has 2 atom stereocenters. The Morgan fingerprint density at radius 3 is 0.964 bits per heavy atom. The molecular formula is C74H139NO8. The van der Waals surface area contributed by atoms with Crippen molar-refractivity contribution >= 4 is 17.9 Å². The van der Waals surface area contributed by atoms with Crippen molar-refractivity contribution < 1.29 is 42.9 Å². The molecule has 0 bridgehead atoms. The predicted octanol–water partition coefficient (Wildman–Crippen LogP) is 21.0. The molecule has 0 saturated heterocycles. The maximum Gasteiger partial charge on any atom is 0.306 e. The molecular weight excluding hydrogens is 1030 g/mol. The summed E-state index contributed by atoms with van der Waals surface area (Å²) in [7, 11) is 5.95. The average Bonchev–Trinajstić information content (AvgIpc) is 3.46.